The van der Waals surface area contributed by atoms with Crippen molar-refractivity contribution in [3.05, 3.63) is 59.7 Å². The zero-order chi connectivity index (χ0) is 28.0. The summed E-state index contributed by atoms with van der Waals surface area (Å²) in [6.45, 7) is 8.75. The van der Waals surface area contributed by atoms with E-state index in [1.165, 1.54) is 12.5 Å². The van der Waals surface area contributed by atoms with Crippen molar-refractivity contribution in [1.82, 2.24) is 34.7 Å². The van der Waals surface area contributed by atoms with Gasteiger partial charge in [0.1, 0.15) is 28.5 Å². The Morgan fingerprint density at radius 3 is 2.62 bits per heavy atom. The molecule has 2 saturated heterocycles. The van der Waals surface area contributed by atoms with E-state index in [0.717, 1.165) is 31.1 Å². The lowest BCUT2D eigenvalue weighted by molar-refractivity contribution is -0.128. The molecule has 0 aliphatic carbocycles. The lowest BCUT2D eigenvalue weighted by atomic mass is 9.81. The Labute approximate surface area is 231 Å². The van der Waals surface area contributed by atoms with Gasteiger partial charge in [-0.25, -0.2) is 28.7 Å². The van der Waals surface area contributed by atoms with Crippen molar-refractivity contribution in [3.8, 4) is 11.3 Å². The third-order valence-electron chi connectivity index (χ3n) is 7.88. The lowest BCUT2D eigenvalue weighted by Crippen LogP contribution is -2.70. The van der Waals surface area contributed by atoms with Crippen LogP contribution in [0.2, 0.25) is 0 Å². The van der Waals surface area contributed by atoms with E-state index in [2.05, 4.69) is 35.5 Å². The van der Waals surface area contributed by atoms with E-state index in [4.69, 9.17) is 0 Å². The molecule has 2 aliphatic heterocycles. The molecule has 3 N–H and O–H groups in total. The van der Waals surface area contributed by atoms with Crippen molar-refractivity contribution < 1.29 is 13.9 Å². The first-order valence-corrected chi connectivity index (χ1v) is 13.8. The number of piperidine rings is 1. The average molecular weight is 549 g/mol. The van der Waals surface area contributed by atoms with Crippen LogP contribution in [0, 0.1) is 18.6 Å². The summed E-state index contributed by atoms with van der Waals surface area (Å²) in [6, 6.07) is 6.95. The normalized spacial score (nSPS) is 19.2. The Morgan fingerprint density at radius 1 is 1.10 bits per heavy atom. The number of nitrogens with one attached hydrogen (secondary N) is 2. The maximum absolute atomic E-state index is 15.0. The predicted molar refractivity (Wildman–Crippen MR) is 149 cm³/mol. The SMILES string of the molecule is Cc1nc2c(F)cc(-c3nc(Nc4ccc(CN5CC(O)(C6CCCCN6)C5)cn4)ncc3F)cc2n1C(C)C. The van der Waals surface area contributed by atoms with Gasteiger partial charge in [-0.1, -0.05) is 12.5 Å². The molecule has 2 fully saturated rings. The van der Waals surface area contributed by atoms with Crippen LogP contribution in [0.3, 0.4) is 0 Å². The van der Waals surface area contributed by atoms with Crippen LogP contribution in [0.1, 0.15) is 50.5 Å². The van der Waals surface area contributed by atoms with E-state index in [9.17, 15) is 13.9 Å². The van der Waals surface area contributed by atoms with Gasteiger partial charge < -0.3 is 20.3 Å². The molecule has 2 aliphatic rings. The molecule has 0 saturated carbocycles. The molecule has 1 aromatic carbocycles. The second kappa shape index (κ2) is 10.5. The molecule has 11 heteroatoms. The third kappa shape index (κ3) is 5.04. The average Bonchev–Trinajstić information content (AvgIpc) is 3.27. The van der Waals surface area contributed by atoms with Gasteiger partial charge in [-0.3, -0.25) is 4.90 Å². The molecular weight excluding hydrogens is 514 g/mol. The van der Waals surface area contributed by atoms with Gasteiger partial charge in [0.2, 0.25) is 5.95 Å². The van der Waals surface area contributed by atoms with E-state index in [1.54, 1.807) is 12.3 Å². The fourth-order valence-electron chi connectivity index (χ4n) is 6.02. The minimum Gasteiger partial charge on any atom is -0.386 e. The number of hydrogen-bond acceptors (Lipinski definition) is 8. The van der Waals surface area contributed by atoms with Gasteiger partial charge in [0, 0.05) is 43.5 Å². The standard InChI is InChI=1S/C29H34F2N8O/c1-17(2)39-18(3)35-27-21(30)10-20(11-23(27)39)26-22(31)13-34-28(37-26)36-25-8-7-19(12-33-25)14-38-15-29(40,16-38)24-6-4-5-9-32-24/h7-8,10-13,17,24,32,40H,4-6,9,14-16H2,1-3H3,(H,33,34,36,37). The largest absolute Gasteiger partial charge is 0.386 e. The first kappa shape index (κ1) is 26.7. The zero-order valence-electron chi connectivity index (χ0n) is 23.0. The molecule has 40 heavy (non-hydrogen) atoms. The fourth-order valence-corrected chi connectivity index (χ4v) is 6.02. The number of benzene rings is 1. The summed E-state index contributed by atoms with van der Waals surface area (Å²) in [5, 5.41) is 17.4. The number of nitrogens with zero attached hydrogens (tertiary/aromatic N) is 6. The molecule has 9 nitrogen and oxygen atoms in total. The predicted octanol–water partition coefficient (Wildman–Crippen LogP) is 4.49. The van der Waals surface area contributed by atoms with E-state index >= 15 is 0 Å². The van der Waals surface area contributed by atoms with Crippen LogP contribution in [0.5, 0.6) is 0 Å². The molecule has 4 aromatic rings. The minimum atomic E-state index is -0.659. The van der Waals surface area contributed by atoms with Gasteiger partial charge in [0.05, 0.1) is 11.7 Å². The molecule has 210 valence electrons. The number of imidazole rings is 1. The number of fused-ring (bicyclic) bond motifs is 1. The highest BCUT2D eigenvalue weighted by molar-refractivity contribution is 5.83. The quantitative estimate of drug-likeness (QED) is 0.311. The van der Waals surface area contributed by atoms with Crippen LogP contribution in [0.25, 0.3) is 22.3 Å². The number of aryl methyl sites for hydroxylation is 1. The van der Waals surface area contributed by atoms with Crippen molar-refractivity contribution in [2.24, 2.45) is 0 Å². The monoisotopic (exact) mass is 548 g/mol. The highest BCUT2D eigenvalue weighted by atomic mass is 19.1. The molecule has 5 heterocycles. The smallest absolute Gasteiger partial charge is 0.229 e. The Morgan fingerprint density at radius 2 is 1.93 bits per heavy atom. The Hall–Kier alpha value is -3.54. The number of β-amino-alcohol motifs (C(OH)–C–C–N with tert-alkyl or cyclic N) is 1. The van der Waals surface area contributed by atoms with Crippen LogP contribution in [0.15, 0.2) is 36.7 Å². The molecule has 1 atom stereocenters. The third-order valence-corrected chi connectivity index (χ3v) is 7.88. The Balaban J connectivity index is 1.15. The number of aliphatic hydroxyl groups is 1. The number of aromatic nitrogens is 5. The number of pyridine rings is 1. The van der Waals surface area contributed by atoms with Crippen LogP contribution in [0.4, 0.5) is 20.5 Å². The maximum atomic E-state index is 15.0. The van der Waals surface area contributed by atoms with Crippen LogP contribution < -0.4 is 10.6 Å². The maximum Gasteiger partial charge on any atom is 0.229 e. The second-order valence-corrected chi connectivity index (χ2v) is 11.3. The number of anilines is 2. The lowest BCUT2D eigenvalue weighted by Gasteiger charge is -2.52. The van der Waals surface area contributed by atoms with Crippen molar-refractivity contribution >= 4 is 22.8 Å². The summed E-state index contributed by atoms with van der Waals surface area (Å²) < 4.78 is 31.7. The molecular formula is C29H34F2N8O. The van der Waals surface area contributed by atoms with Gasteiger partial charge in [0.15, 0.2) is 11.6 Å². The van der Waals surface area contributed by atoms with E-state index in [-0.39, 0.29) is 29.2 Å². The first-order chi connectivity index (χ1) is 19.2. The summed E-state index contributed by atoms with van der Waals surface area (Å²) in [7, 11) is 0. The molecule has 0 amide bonds. The van der Waals surface area contributed by atoms with Crippen molar-refractivity contribution in [2.45, 2.75) is 64.3 Å². The van der Waals surface area contributed by atoms with Gasteiger partial charge in [-0.05, 0) is 63.9 Å². The summed E-state index contributed by atoms with van der Waals surface area (Å²) in [5.41, 5.74) is 1.49. The number of rotatable bonds is 7. The topological polar surface area (TPSA) is 104 Å². The Bertz CT molecular complexity index is 1530. The zero-order valence-corrected chi connectivity index (χ0v) is 23.0. The molecule has 1 unspecified atom stereocenters. The van der Waals surface area contributed by atoms with Crippen molar-refractivity contribution in [3.63, 3.8) is 0 Å². The highest BCUT2D eigenvalue weighted by Gasteiger charge is 2.47. The number of halogens is 2. The van der Waals surface area contributed by atoms with Gasteiger partial charge in [-0.2, -0.15) is 0 Å². The van der Waals surface area contributed by atoms with E-state index in [1.807, 2.05) is 37.5 Å². The highest BCUT2D eigenvalue weighted by Crippen LogP contribution is 2.32. The van der Waals surface area contributed by atoms with Crippen LogP contribution in [-0.4, -0.2) is 65.8 Å². The van der Waals surface area contributed by atoms with E-state index < -0.39 is 17.2 Å². The molecule has 0 bridgehead atoms. The second-order valence-electron chi connectivity index (χ2n) is 11.3. The fraction of sp³-hybridized carbons (Fsp3) is 0.448. The van der Waals surface area contributed by atoms with Crippen LogP contribution in [-0.2, 0) is 6.54 Å². The van der Waals surface area contributed by atoms with E-state index in [0.29, 0.717) is 42.4 Å². The minimum absolute atomic E-state index is 0.0122. The summed E-state index contributed by atoms with van der Waals surface area (Å²) in [5.74, 6) is 0.155. The molecule has 0 radical (unpaired) electrons. The number of likely N-dealkylation sites (tertiary alicyclic amines) is 1. The first-order valence-electron chi connectivity index (χ1n) is 13.8. The summed E-state index contributed by atoms with van der Waals surface area (Å²) in [6.07, 6.45) is 6.18. The van der Waals surface area contributed by atoms with Crippen molar-refractivity contribution in [1.29, 1.82) is 0 Å². The Kier molecular flexibility index (Phi) is 6.97. The van der Waals surface area contributed by atoms with Crippen molar-refractivity contribution in [2.75, 3.05) is 25.0 Å². The summed E-state index contributed by atoms with van der Waals surface area (Å²) >= 11 is 0. The van der Waals surface area contributed by atoms with Gasteiger partial charge in [0.25, 0.3) is 0 Å². The summed E-state index contributed by atoms with van der Waals surface area (Å²) in [4.78, 5) is 19.4. The molecule has 6 rings (SSSR count). The van der Waals surface area contributed by atoms with Gasteiger partial charge >= 0.3 is 0 Å². The molecule has 3 aromatic heterocycles. The molecule has 0 spiro atoms. The van der Waals surface area contributed by atoms with Crippen LogP contribution >= 0.6 is 0 Å². The number of hydrogen-bond donors (Lipinski definition) is 3. The van der Waals surface area contributed by atoms with Gasteiger partial charge in [-0.15, -0.1) is 0 Å².